The number of aliphatic carboxylic acids is 1. The van der Waals surface area contributed by atoms with Gasteiger partial charge in [-0.3, -0.25) is 4.79 Å². The lowest BCUT2D eigenvalue weighted by Gasteiger charge is -2.20. The van der Waals surface area contributed by atoms with Crippen LogP contribution in [0.1, 0.15) is 17.2 Å². The molecule has 0 aliphatic heterocycles. The second-order valence-corrected chi connectivity index (χ2v) is 5.99. The van der Waals surface area contributed by atoms with Crippen LogP contribution >= 0.6 is 0 Å². The third-order valence-corrected chi connectivity index (χ3v) is 4.18. The van der Waals surface area contributed by atoms with Crippen molar-refractivity contribution in [2.24, 2.45) is 0 Å². The van der Waals surface area contributed by atoms with E-state index in [9.17, 15) is 9.59 Å². The molecule has 0 saturated carbocycles. The number of fused-ring (bicyclic) bond motifs is 1. The fraction of sp³-hybridized carbons (Fsp3) is 0.0909. The van der Waals surface area contributed by atoms with E-state index in [1.54, 1.807) is 0 Å². The molecule has 26 heavy (non-hydrogen) atoms. The normalized spacial score (nSPS) is 12.2. The van der Waals surface area contributed by atoms with E-state index in [1.807, 2.05) is 72.8 Å². The van der Waals surface area contributed by atoms with Crippen molar-refractivity contribution in [3.8, 4) is 0 Å². The SMILES string of the molecule is O=C(O)/C=C/C(=O)NC(Cc1ccccc1)c1cccc2ccccc12. The molecule has 130 valence electrons. The Morgan fingerprint density at radius 2 is 1.58 bits per heavy atom. The zero-order valence-electron chi connectivity index (χ0n) is 14.1. The highest BCUT2D eigenvalue weighted by Gasteiger charge is 2.16. The Labute approximate surface area is 151 Å². The first kappa shape index (κ1) is 17.4. The molecule has 1 unspecified atom stereocenters. The monoisotopic (exact) mass is 345 g/mol. The van der Waals surface area contributed by atoms with E-state index in [1.165, 1.54) is 0 Å². The molecule has 0 aliphatic carbocycles. The third kappa shape index (κ3) is 4.36. The van der Waals surface area contributed by atoms with Gasteiger partial charge in [0.2, 0.25) is 5.91 Å². The summed E-state index contributed by atoms with van der Waals surface area (Å²) in [5.74, 6) is -1.58. The zero-order valence-corrected chi connectivity index (χ0v) is 14.1. The highest BCUT2D eigenvalue weighted by molar-refractivity contribution is 5.94. The number of hydrogen-bond donors (Lipinski definition) is 2. The van der Waals surface area contributed by atoms with Gasteiger partial charge >= 0.3 is 5.97 Å². The van der Waals surface area contributed by atoms with Crippen molar-refractivity contribution in [3.63, 3.8) is 0 Å². The first-order valence-corrected chi connectivity index (χ1v) is 8.36. The largest absolute Gasteiger partial charge is 0.478 e. The van der Waals surface area contributed by atoms with Gasteiger partial charge in [-0.1, -0.05) is 72.8 Å². The minimum atomic E-state index is -1.15. The molecule has 0 spiro atoms. The van der Waals surface area contributed by atoms with Crippen molar-refractivity contribution in [1.82, 2.24) is 5.32 Å². The lowest BCUT2D eigenvalue weighted by Crippen LogP contribution is -2.28. The molecule has 1 atom stereocenters. The van der Waals surface area contributed by atoms with Crippen LogP contribution in [0.4, 0.5) is 0 Å². The van der Waals surface area contributed by atoms with E-state index >= 15 is 0 Å². The second kappa shape index (κ2) is 8.12. The maximum atomic E-state index is 12.2. The highest BCUT2D eigenvalue weighted by atomic mass is 16.4. The lowest BCUT2D eigenvalue weighted by atomic mass is 9.94. The number of carboxylic acids is 1. The molecule has 4 nitrogen and oxygen atoms in total. The van der Waals surface area contributed by atoms with Crippen LogP contribution < -0.4 is 5.32 Å². The number of carbonyl (C=O) groups excluding carboxylic acids is 1. The summed E-state index contributed by atoms with van der Waals surface area (Å²) in [7, 11) is 0. The van der Waals surface area contributed by atoms with Crippen molar-refractivity contribution in [3.05, 3.63) is 96.1 Å². The minimum Gasteiger partial charge on any atom is -0.478 e. The van der Waals surface area contributed by atoms with Gasteiger partial charge in [-0.05, 0) is 28.3 Å². The first-order valence-electron chi connectivity index (χ1n) is 8.36. The smallest absolute Gasteiger partial charge is 0.328 e. The molecule has 0 aliphatic rings. The maximum Gasteiger partial charge on any atom is 0.328 e. The number of rotatable bonds is 6. The van der Waals surface area contributed by atoms with E-state index < -0.39 is 11.9 Å². The molecule has 0 saturated heterocycles. The van der Waals surface area contributed by atoms with Gasteiger partial charge in [0.1, 0.15) is 0 Å². The van der Waals surface area contributed by atoms with Gasteiger partial charge in [-0.25, -0.2) is 4.79 Å². The predicted octanol–water partition coefficient (Wildman–Crippen LogP) is 3.88. The third-order valence-electron chi connectivity index (χ3n) is 4.18. The van der Waals surface area contributed by atoms with Crippen LogP contribution in [0.3, 0.4) is 0 Å². The van der Waals surface area contributed by atoms with Crippen LogP contribution in [0.5, 0.6) is 0 Å². The maximum absolute atomic E-state index is 12.2. The molecule has 1 amide bonds. The summed E-state index contributed by atoms with van der Waals surface area (Å²) in [5, 5.41) is 13.8. The fourth-order valence-corrected chi connectivity index (χ4v) is 3.01. The summed E-state index contributed by atoms with van der Waals surface area (Å²) in [4.78, 5) is 22.9. The Kier molecular flexibility index (Phi) is 5.44. The summed E-state index contributed by atoms with van der Waals surface area (Å²) >= 11 is 0. The van der Waals surface area contributed by atoms with Crippen LogP contribution in [-0.4, -0.2) is 17.0 Å². The van der Waals surface area contributed by atoms with Crippen LogP contribution in [0.2, 0.25) is 0 Å². The van der Waals surface area contributed by atoms with Crippen molar-refractivity contribution in [1.29, 1.82) is 0 Å². The standard InChI is InChI=1S/C22H19NO3/c24-21(13-14-22(25)26)23-20(15-16-7-2-1-3-8-16)19-12-6-10-17-9-4-5-11-18(17)19/h1-14,20H,15H2,(H,23,24)(H,25,26)/b14-13+. The van der Waals surface area contributed by atoms with Gasteiger partial charge in [0, 0.05) is 12.2 Å². The van der Waals surface area contributed by atoms with E-state index in [2.05, 4.69) is 5.32 Å². The summed E-state index contributed by atoms with van der Waals surface area (Å²) in [6, 6.07) is 23.6. The Bertz CT molecular complexity index is 943. The summed E-state index contributed by atoms with van der Waals surface area (Å²) in [5.41, 5.74) is 2.09. The van der Waals surface area contributed by atoms with Crippen LogP contribution in [0.15, 0.2) is 84.9 Å². The topological polar surface area (TPSA) is 66.4 Å². The predicted molar refractivity (Wildman–Crippen MR) is 102 cm³/mol. The lowest BCUT2D eigenvalue weighted by molar-refractivity contribution is -0.131. The van der Waals surface area contributed by atoms with Gasteiger partial charge in [-0.2, -0.15) is 0 Å². The van der Waals surface area contributed by atoms with Crippen molar-refractivity contribution in [2.45, 2.75) is 12.5 Å². The highest BCUT2D eigenvalue weighted by Crippen LogP contribution is 2.27. The molecule has 0 bridgehead atoms. The number of hydrogen-bond acceptors (Lipinski definition) is 2. The van der Waals surface area contributed by atoms with Crippen LogP contribution in [-0.2, 0) is 16.0 Å². The van der Waals surface area contributed by atoms with E-state index in [4.69, 9.17) is 5.11 Å². The fourth-order valence-electron chi connectivity index (χ4n) is 3.01. The van der Waals surface area contributed by atoms with Crippen molar-refractivity contribution >= 4 is 22.6 Å². The molecule has 0 aromatic heterocycles. The summed E-state index contributed by atoms with van der Waals surface area (Å²) in [6.45, 7) is 0. The Morgan fingerprint density at radius 3 is 2.35 bits per heavy atom. The van der Waals surface area contributed by atoms with Crippen molar-refractivity contribution in [2.75, 3.05) is 0 Å². The van der Waals surface area contributed by atoms with Gasteiger partial charge < -0.3 is 10.4 Å². The molecule has 3 aromatic carbocycles. The van der Waals surface area contributed by atoms with Gasteiger partial charge in [0.25, 0.3) is 0 Å². The number of carboxylic acid groups (broad SMARTS) is 1. The number of nitrogens with one attached hydrogen (secondary N) is 1. The average molecular weight is 345 g/mol. The Hall–Kier alpha value is -3.40. The molecule has 0 fully saturated rings. The Morgan fingerprint density at radius 1 is 0.885 bits per heavy atom. The van der Waals surface area contributed by atoms with Gasteiger partial charge in [0.15, 0.2) is 0 Å². The number of benzene rings is 3. The first-order chi connectivity index (χ1) is 12.6. The zero-order chi connectivity index (χ0) is 18.4. The van der Waals surface area contributed by atoms with Crippen LogP contribution in [0, 0.1) is 0 Å². The number of amides is 1. The van der Waals surface area contributed by atoms with E-state index in [0.717, 1.165) is 34.1 Å². The van der Waals surface area contributed by atoms with Gasteiger partial charge in [-0.15, -0.1) is 0 Å². The molecule has 4 heteroatoms. The average Bonchev–Trinajstić information content (AvgIpc) is 2.66. The van der Waals surface area contributed by atoms with Gasteiger partial charge in [0.05, 0.1) is 6.04 Å². The minimum absolute atomic E-state index is 0.269. The summed E-state index contributed by atoms with van der Waals surface area (Å²) in [6.07, 6.45) is 2.50. The summed E-state index contributed by atoms with van der Waals surface area (Å²) < 4.78 is 0. The molecular weight excluding hydrogens is 326 g/mol. The molecule has 3 rings (SSSR count). The molecule has 0 radical (unpaired) electrons. The Balaban J connectivity index is 1.96. The molecule has 3 aromatic rings. The van der Waals surface area contributed by atoms with E-state index in [0.29, 0.717) is 6.42 Å². The number of carbonyl (C=O) groups is 2. The second-order valence-electron chi connectivity index (χ2n) is 5.99. The van der Waals surface area contributed by atoms with E-state index in [-0.39, 0.29) is 6.04 Å². The molecule has 0 heterocycles. The quantitative estimate of drug-likeness (QED) is 0.666. The molecular formula is C22H19NO3. The van der Waals surface area contributed by atoms with Crippen LogP contribution in [0.25, 0.3) is 10.8 Å². The molecule has 2 N–H and O–H groups in total. The van der Waals surface area contributed by atoms with Crippen molar-refractivity contribution < 1.29 is 14.7 Å².